The van der Waals surface area contributed by atoms with Crippen molar-refractivity contribution in [2.24, 2.45) is 5.92 Å². The molecule has 2 nitrogen and oxygen atoms in total. The zero-order valence-electron chi connectivity index (χ0n) is 13.1. The average molecular weight is 274 g/mol. The lowest BCUT2D eigenvalue weighted by Gasteiger charge is -2.33. The van der Waals surface area contributed by atoms with E-state index < -0.39 is 0 Å². The Balaban J connectivity index is 2.07. The molecule has 112 valence electrons. The van der Waals surface area contributed by atoms with E-state index in [0.717, 1.165) is 12.5 Å². The van der Waals surface area contributed by atoms with E-state index in [1.54, 1.807) is 0 Å². The van der Waals surface area contributed by atoms with Gasteiger partial charge in [-0.15, -0.1) is 0 Å². The summed E-state index contributed by atoms with van der Waals surface area (Å²) < 4.78 is 0. The predicted octanol–water partition coefficient (Wildman–Crippen LogP) is 4.52. The van der Waals surface area contributed by atoms with Crippen LogP contribution in [-0.4, -0.2) is 17.6 Å². The van der Waals surface area contributed by atoms with Crippen LogP contribution in [0.15, 0.2) is 24.4 Å². The number of likely N-dealkylation sites (N-methyl/N-ethyl adjacent to an activating group) is 1. The molecule has 0 saturated heterocycles. The molecule has 1 aliphatic rings. The van der Waals surface area contributed by atoms with Crippen molar-refractivity contribution in [3.05, 3.63) is 30.1 Å². The SMILES string of the molecule is CCNC(C1CCCCCCC1)C(C)c1ccccn1. The molecule has 0 spiro atoms. The zero-order chi connectivity index (χ0) is 14.2. The number of hydrogen-bond acceptors (Lipinski definition) is 2. The van der Waals surface area contributed by atoms with Crippen LogP contribution in [0.25, 0.3) is 0 Å². The highest BCUT2D eigenvalue weighted by molar-refractivity contribution is 5.11. The molecule has 0 aromatic carbocycles. The van der Waals surface area contributed by atoms with E-state index in [4.69, 9.17) is 0 Å². The normalized spacial score (nSPS) is 20.9. The summed E-state index contributed by atoms with van der Waals surface area (Å²) in [5, 5.41) is 3.76. The van der Waals surface area contributed by atoms with Gasteiger partial charge in [-0.05, 0) is 37.4 Å². The molecule has 0 aliphatic heterocycles. The van der Waals surface area contributed by atoms with Crippen LogP contribution in [0.4, 0.5) is 0 Å². The summed E-state index contributed by atoms with van der Waals surface area (Å²) >= 11 is 0. The fraction of sp³-hybridized carbons (Fsp3) is 0.722. The number of pyridine rings is 1. The van der Waals surface area contributed by atoms with Crippen molar-refractivity contribution < 1.29 is 0 Å². The summed E-state index contributed by atoms with van der Waals surface area (Å²) in [5.74, 6) is 1.31. The molecule has 0 radical (unpaired) electrons. The van der Waals surface area contributed by atoms with Crippen molar-refractivity contribution >= 4 is 0 Å². The van der Waals surface area contributed by atoms with E-state index in [-0.39, 0.29) is 0 Å². The Kier molecular flexibility index (Phi) is 6.52. The van der Waals surface area contributed by atoms with Crippen molar-refractivity contribution in [2.75, 3.05) is 6.54 Å². The molecule has 1 aromatic heterocycles. The minimum atomic E-state index is 0.501. The third-order valence-corrected chi connectivity index (χ3v) is 4.79. The molecule has 1 N–H and O–H groups in total. The molecule has 2 unspecified atom stereocenters. The van der Waals surface area contributed by atoms with Gasteiger partial charge in [0.15, 0.2) is 0 Å². The Hall–Kier alpha value is -0.890. The molecule has 1 heterocycles. The summed E-state index contributed by atoms with van der Waals surface area (Å²) in [7, 11) is 0. The van der Waals surface area contributed by atoms with Crippen LogP contribution in [0.3, 0.4) is 0 Å². The van der Waals surface area contributed by atoms with Gasteiger partial charge in [-0.1, -0.05) is 52.0 Å². The molecule has 2 atom stereocenters. The fourth-order valence-corrected chi connectivity index (χ4v) is 3.66. The Morgan fingerprint density at radius 1 is 1.15 bits per heavy atom. The highest BCUT2D eigenvalue weighted by Crippen LogP contribution is 2.31. The van der Waals surface area contributed by atoms with Crippen molar-refractivity contribution in [1.82, 2.24) is 10.3 Å². The highest BCUT2D eigenvalue weighted by Gasteiger charge is 2.27. The monoisotopic (exact) mass is 274 g/mol. The largest absolute Gasteiger partial charge is 0.313 e. The molecule has 1 fully saturated rings. The van der Waals surface area contributed by atoms with E-state index in [2.05, 4.69) is 36.3 Å². The number of nitrogens with zero attached hydrogens (tertiary/aromatic N) is 1. The smallest absolute Gasteiger partial charge is 0.0447 e. The first-order chi connectivity index (χ1) is 9.83. The maximum atomic E-state index is 4.58. The summed E-state index contributed by atoms with van der Waals surface area (Å²) in [4.78, 5) is 4.58. The van der Waals surface area contributed by atoms with Crippen LogP contribution in [-0.2, 0) is 0 Å². The number of rotatable bonds is 5. The molecule has 1 aliphatic carbocycles. The third kappa shape index (κ3) is 4.31. The first-order valence-corrected chi connectivity index (χ1v) is 8.47. The Morgan fingerprint density at radius 2 is 1.85 bits per heavy atom. The molecule has 1 aromatic rings. The van der Waals surface area contributed by atoms with E-state index in [0.29, 0.717) is 12.0 Å². The van der Waals surface area contributed by atoms with Crippen molar-refractivity contribution in [1.29, 1.82) is 0 Å². The lowest BCUT2D eigenvalue weighted by molar-refractivity contribution is 0.260. The second-order valence-corrected chi connectivity index (χ2v) is 6.23. The quantitative estimate of drug-likeness (QED) is 0.853. The van der Waals surface area contributed by atoms with E-state index >= 15 is 0 Å². The molecule has 2 rings (SSSR count). The van der Waals surface area contributed by atoms with Gasteiger partial charge in [-0.25, -0.2) is 0 Å². The second kappa shape index (κ2) is 8.41. The minimum Gasteiger partial charge on any atom is -0.313 e. The van der Waals surface area contributed by atoms with Crippen molar-refractivity contribution in [2.45, 2.75) is 70.8 Å². The van der Waals surface area contributed by atoms with Crippen LogP contribution < -0.4 is 5.32 Å². The van der Waals surface area contributed by atoms with E-state index in [9.17, 15) is 0 Å². The Labute approximate surface area is 124 Å². The first-order valence-electron chi connectivity index (χ1n) is 8.47. The van der Waals surface area contributed by atoms with Crippen LogP contribution in [0.1, 0.15) is 70.4 Å². The van der Waals surface area contributed by atoms with Crippen molar-refractivity contribution in [3.8, 4) is 0 Å². The molecule has 0 amide bonds. The zero-order valence-corrected chi connectivity index (χ0v) is 13.1. The summed E-state index contributed by atoms with van der Waals surface area (Å²) in [6.45, 7) is 5.62. The van der Waals surface area contributed by atoms with Crippen LogP contribution in [0.2, 0.25) is 0 Å². The van der Waals surface area contributed by atoms with Crippen LogP contribution in [0, 0.1) is 5.92 Å². The minimum absolute atomic E-state index is 0.501. The fourth-order valence-electron chi connectivity index (χ4n) is 3.66. The number of hydrogen-bond donors (Lipinski definition) is 1. The molecule has 1 saturated carbocycles. The van der Waals surface area contributed by atoms with Gasteiger partial charge in [0.05, 0.1) is 0 Å². The lowest BCUT2D eigenvalue weighted by atomic mass is 9.79. The third-order valence-electron chi connectivity index (χ3n) is 4.79. The van der Waals surface area contributed by atoms with E-state index in [1.807, 2.05) is 12.3 Å². The maximum absolute atomic E-state index is 4.58. The standard InChI is InChI=1S/C18H30N2/c1-3-19-18(15(2)17-13-9-10-14-20-17)16-11-7-5-4-6-8-12-16/h9-10,13-16,18-19H,3-8,11-12H2,1-2H3. The topological polar surface area (TPSA) is 24.9 Å². The van der Waals surface area contributed by atoms with Gasteiger partial charge in [0, 0.05) is 23.9 Å². The average Bonchev–Trinajstić information content (AvgIpc) is 2.45. The first kappa shape index (κ1) is 15.5. The van der Waals surface area contributed by atoms with Gasteiger partial charge < -0.3 is 5.32 Å². The van der Waals surface area contributed by atoms with Gasteiger partial charge in [-0.2, -0.15) is 0 Å². The molecule has 0 bridgehead atoms. The Morgan fingerprint density at radius 3 is 2.45 bits per heavy atom. The van der Waals surface area contributed by atoms with Crippen molar-refractivity contribution in [3.63, 3.8) is 0 Å². The van der Waals surface area contributed by atoms with Gasteiger partial charge >= 0.3 is 0 Å². The lowest BCUT2D eigenvalue weighted by Crippen LogP contribution is -2.40. The summed E-state index contributed by atoms with van der Waals surface area (Å²) in [6, 6.07) is 6.87. The van der Waals surface area contributed by atoms with E-state index in [1.165, 1.54) is 50.6 Å². The maximum Gasteiger partial charge on any atom is 0.0447 e. The second-order valence-electron chi connectivity index (χ2n) is 6.23. The molecular weight excluding hydrogens is 244 g/mol. The predicted molar refractivity (Wildman–Crippen MR) is 85.9 cm³/mol. The molecule has 20 heavy (non-hydrogen) atoms. The summed E-state index contributed by atoms with van der Waals surface area (Å²) in [5.41, 5.74) is 1.24. The number of aromatic nitrogens is 1. The van der Waals surface area contributed by atoms with Gasteiger partial charge in [0.25, 0.3) is 0 Å². The van der Waals surface area contributed by atoms with Gasteiger partial charge in [0.2, 0.25) is 0 Å². The summed E-state index contributed by atoms with van der Waals surface area (Å²) in [6.07, 6.45) is 11.8. The molecular formula is C18H30N2. The van der Waals surface area contributed by atoms with Gasteiger partial charge in [-0.3, -0.25) is 4.98 Å². The van der Waals surface area contributed by atoms with Crippen LogP contribution in [0.5, 0.6) is 0 Å². The number of nitrogens with one attached hydrogen (secondary N) is 1. The molecule has 2 heteroatoms. The Bertz CT molecular complexity index is 355. The highest BCUT2D eigenvalue weighted by atomic mass is 14.9. The van der Waals surface area contributed by atoms with Crippen LogP contribution >= 0.6 is 0 Å². The van der Waals surface area contributed by atoms with Gasteiger partial charge in [0.1, 0.15) is 0 Å².